The van der Waals surface area contributed by atoms with E-state index < -0.39 is 12.0 Å². The number of imidazole rings is 1. The predicted molar refractivity (Wildman–Crippen MR) is 139 cm³/mol. The van der Waals surface area contributed by atoms with Gasteiger partial charge in [0.15, 0.2) is 0 Å². The van der Waals surface area contributed by atoms with E-state index in [0.29, 0.717) is 11.6 Å². The van der Waals surface area contributed by atoms with E-state index >= 15 is 0 Å². The summed E-state index contributed by atoms with van der Waals surface area (Å²) in [5.74, 6) is 1.85. The molecular weight excluding hydrogens is 418 g/mol. The Morgan fingerprint density at radius 2 is 1.78 bits per heavy atom. The quantitative estimate of drug-likeness (QED) is 0.193. The van der Waals surface area contributed by atoms with Crippen molar-refractivity contribution in [2.45, 2.75) is 79.7 Å². The zero-order valence-electron chi connectivity index (χ0n) is 20.6. The van der Waals surface area contributed by atoms with E-state index in [0.717, 1.165) is 43.7 Å². The summed E-state index contributed by atoms with van der Waals surface area (Å²) < 4.78 is 0. The molecule has 1 aromatic rings. The van der Waals surface area contributed by atoms with Crippen LogP contribution in [0.5, 0.6) is 0 Å². The first kappa shape index (κ1) is 27.8. The molecule has 0 aliphatic carbocycles. The number of nitrogens with zero attached hydrogens (tertiary/aromatic N) is 1. The van der Waals surface area contributed by atoms with E-state index in [4.69, 9.17) is 0 Å². The van der Waals surface area contributed by atoms with Crippen LogP contribution in [-0.4, -0.2) is 38.6 Å². The third-order valence-corrected chi connectivity index (χ3v) is 5.90. The molecule has 0 saturated heterocycles. The van der Waals surface area contributed by atoms with Gasteiger partial charge in [0.2, 0.25) is 0 Å². The monoisotopic (exact) mass is 459 g/mol. The highest BCUT2D eigenvalue weighted by Gasteiger charge is 2.17. The Bertz CT molecular complexity index is 826. The molecule has 1 unspecified atom stereocenters. The van der Waals surface area contributed by atoms with Gasteiger partial charge in [0.05, 0.1) is 6.20 Å². The number of carboxylic acids is 1. The Balaban J connectivity index is 2.57. The number of thioether (sulfide) groups is 1. The van der Waals surface area contributed by atoms with Crippen LogP contribution in [0.25, 0.3) is 0 Å². The van der Waals surface area contributed by atoms with Crippen LogP contribution >= 0.6 is 11.8 Å². The number of allylic oxidation sites excluding steroid dienone is 7. The highest BCUT2D eigenvalue weighted by molar-refractivity contribution is 7.99. The molecule has 1 aromatic heterocycles. The summed E-state index contributed by atoms with van der Waals surface area (Å²) in [7, 11) is 0. The summed E-state index contributed by atoms with van der Waals surface area (Å²) in [4.78, 5) is 18.7. The summed E-state index contributed by atoms with van der Waals surface area (Å²) in [6.45, 7) is 12.6. The van der Waals surface area contributed by atoms with E-state index in [-0.39, 0.29) is 0 Å². The van der Waals surface area contributed by atoms with Crippen molar-refractivity contribution in [3.63, 3.8) is 0 Å². The van der Waals surface area contributed by atoms with E-state index in [1.807, 2.05) is 6.92 Å². The molecule has 32 heavy (non-hydrogen) atoms. The third-order valence-electron chi connectivity index (χ3n) is 4.93. The fourth-order valence-corrected chi connectivity index (χ4v) is 3.99. The van der Waals surface area contributed by atoms with Gasteiger partial charge >= 0.3 is 5.97 Å². The highest BCUT2D eigenvalue weighted by Crippen LogP contribution is 2.18. The molecule has 6 heteroatoms. The zero-order valence-corrected chi connectivity index (χ0v) is 21.4. The number of nitrogens with one attached hydrogen (secondary N) is 2. The van der Waals surface area contributed by atoms with E-state index in [1.165, 1.54) is 22.3 Å². The fourth-order valence-electron chi connectivity index (χ4n) is 3.04. The lowest BCUT2D eigenvalue weighted by Gasteiger charge is -2.13. The smallest absolute Gasteiger partial charge is 0.327 e. The molecule has 1 heterocycles. The summed E-state index contributed by atoms with van der Waals surface area (Å²) in [6, 6.07) is -0.652. The van der Waals surface area contributed by atoms with Crippen LogP contribution in [0.4, 0.5) is 5.82 Å². The maximum atomic E-state index is 11.6. The van der Waals surface area contributed by atoms with Gasteiger partial charge in [-0.3, -0.25) is 0 Å². The standard InChI is InChI=1S/C26H41N3O2S/c1-19(2)9-7-10-21(5)11-8-12-23(14-13-20(3)4)15-16-32-18-24(26(30)31)29-25-17-27-22(6)28-25/h9,11,13,15,17,24,29H,7-8,10,12,14,16,18H2,1-6H3,(H,27,28)(H,30,31). The molecule has 0 aliphatic rings. The van der Waals surface area contributed by atoms with Crippen LogP contribution in [0.2, 0.25) is 0 Å². The summed E-state index contributed by atoms with van der Waals surface area (Å²) in [5, 5.41) is 12.5. The molecule has 1 atom stereocenters. The maximum absolute atomic E-state index is 11.6. The maximum Gasteiger partial charge on any atom is 0.327 e. The fraction of sp³-hybridized carbons (Fsp3) is 0.538. The van der Waals surface area contributed by atoms with Crippen LogP contribution in [-0.2, 0) is 4.79 Å². The molecule has 0 aromatic carbocycles. The van der Waals surface area contributed by atoms with Gasteiger partial charge in [-0.1, -0.05) is 46.6 Å². The van der Waals surface area contributed by atoms with Crippen molar-refractivity contribution < 1.29 is 9.90 Å². The van der Waals surface area contributed by atoms with Crippen LogP contribution in [0.1, 0.15) is 72.5 Å². The topological polar surface area (TPSA) is 78.0 Å². The molecule has 3 N–H and O–H groups in total. The van der Waals surface area contributed by atoms with E-state index in [2.05, 4.69) is 74.2 Å². The number of carboxylic acid groups (broad SMARTS) is 1. The molecule has 0 radical (unpaired) electrons. The lowest BCUT2D eigenvalue weighted by atomic mass is 10.0. The van der Waals surface area contributed by atoms with Crippen molar-refractivity contribution >= 4 is 23.5 Å². The minimum atomic E-state index is -0.854. The largest absolute Gasteiger partial charge is 0.480 e. The minimum Gasteiger partial charge on any atom is -0.480 e. The van der Waals surface area contributed by atoms with Crippen LogP contribution in [0.3, 0.4) is 0 Å². The summed E-state index contributed by atoms with van der Waals surface area (Å²) >= 11 is 1.64. The molecule has 1 rings (SSSR count). The Morgan fingerprint density at radius 3 is 2.38 bits per heavy atom. The summed E-state index contributed by atoms with van der Waals surface area (Å²) in [6.07, 6.45) is 16.1. The van der Waals surface area contributed by atoms with Crippen molar-refractivity contribution in [1.82, 2.24) is 9.97 Å². The van der Waals surface area contributed by atoms with Gasteiger partial charge < -0.3 is 15.4 Å². The zero-order chi connectivity index (χ0) is 23.9. The van der Waals surface area contributed by atoms with Gasteiger partial charge in [0, 0.05) is 11.5 Å². The first-order valence-electron chi connectivity index (χ1n) is 11.4. The van der Waals surface area contributed by atoms with Crippen LogP contribution < -0.4 is 5.32 Å². The molecule has 0 spiro atoms. The second-order valence-corrected chi connectivity index (χ2v) is 9.79. The molecule has 178 valence electrons. The van der Waals surface area contributed by atoms with Crippen molar-refractivity contribution in [2.24, 2.45) is 0 Å². The predicted octanol–water partition coefficient (Wildman–Crippen LogP) is 7.07. The Morgan fingerprint density at radius 1 is 1.09 bits per heavy atom. The number of aliphatic carboxylic acids is 1. The Hall–Kier alpha value is -2.21. The average Bonchev–Trinajstić information content (AvgIpc) is 3.11. The van der Waals surface area contributed by atoms with Crippen molar-refractivity contribution in [2.75, 3.05) is 16.8 Å². The van der Waals surface area contributed by atoms with Gasteiger partial charge in [-0.2, -0.15) is 11.8 Å². The van der Waals surface area contributed by atoms with Crippen LogP contribution in [0.15, 0.2) is 52.8 Å². The van der Waals surface area contributed by atoms with E-state index in [1.54, 1.807) is 18.0 Å². The second kappa shape index (κ2) is 15.6. The average molecular weight is 460 g/mol. The molecule has 0 saturated carbocycles. The molecule has 5 nitrogen and oxygen atoms in total. The molecule has 0 fully saturated rings. The van der Waals surface area contributed by atoms with Gasteiger partial charge in [0.1, 0.15) is 17.7 Å². The number of carbonyl (C=O) groups is 1. The lowest BCUT2D eigenvalue weighted by molar-refractivity contribution is -0.137. The number of anilines is 1. The van der Waals surface area contributed by atoms with Crippen molar-refractivity contribution in [1.29, 1.82) is 0 Å². The Kier molecular flexibility index (Phi) is 13.5. The Labute approximate surface area is 198 Å². The third kappa shape index (κ3) is 13.3. The molecular formula is C26H41N3O2S. The number of aromatic nitrogens is 2. The second-order valence-electron chi connectivity index (χ2n) is 8.71. The number of rotatable bonds is 15. The number of aromatic amines is 1. The number of hydrogen-bond donors (Lipinski definition) is 3. The summed E-state index contributed by atoms with van der Waals surface area (Å²) in [5.41, 5.74) is 5.56. The lowest BCUT2D eigenvalue weighted by Crippen LogP contribution is -2.31. The first-order valence-corrected chi connectivity index (χ1v) is 12.5. The normalized spacial score (nSPS) is 12.9. The van der Waals surface area contributed by atoms with Crippen LogP contribution in [0, 0.1) is 6.92 Å². The van der Waals surface area contributed by atoms with Crippen molar-refractivity contribution in [3.05, 3.63) is 58.6 Å². The van der Waals surface area contributed by atoms with E-state index in [9.17, 15) is 9.90 Å². The minimum absolute atomic E-state index is 0.489. The molecule has 0 bridgehead atoms. The van der Waals surface area contributed by atoms with Gasteiger partial charge in [0.25, 0.3) is 0 Å². The molecule has 0 amide bonds. The number of H-pyrrole nitrogens is 1. The van der Waals surface area contributed by atoms with Gasteiger partial charge in [-0.25, -0.2) is 9.78 Å². The highest BCUT2D eigenvalue weighted by atomic mass is 32.2. The van der Waals surface area contributed by atoms with Gasteiger partial charge in [-0.15, -0.1) is 0 Å². The number of hydrogen-bond acceptors (Lipinski definition) is 4. The molecule has 0 aliphatic heterocycles. The van der Waals surface area contributed by atoms with Gasteiger partial charge in [-0.05, 0) is 73.6 Å². The SMILES string of the molecule is CC(C)=CCCC(C)=CCCC(=CCSCC(Nc1cnc(C)[nH]1)C(=O)O)CC=C(C)C. The number of aryl methyl sites for hydroxylation is 1. The first-order chi connectivity index (χ1) is 15.2. The van der Waals surface area contributed by atoms with Crippen molar-refractivity contribution in [3.8, 4) is 0 Å².